The first kappa shape index (κ1) is 10.7. The number of benzene rings is 1. The number of hydrogen-bond donors (Lipinski definition) is 1. The molecule has 0 fully saturated rings. The molecule has 0 unspecified atom stereocenters. The second-order valence-electron chi connectivity index (χ2n) is 4.16. The Morgan fingerprint density at radius 3 is 2.38 bits per heavy atom. The Labute approximate surface area is 93.7 Å². The standard InChI is InChI=1S/C13H14O3/c1-6-5-10(13(14)15)11-8(3)9(4)16-12(11)7(6)2/h5H,1-4H3,(H,14,15). The largest absolute Gasteiger partial charge is 0.478 e. The molecule has 3 nitrogen and oxygen atoms in total. The van der Waals surface area contributed by atoms with Crippen LogP contribution in [0.2, 0.25) is 0 Å². The number of aromatic carboxylic acids is 1. The predicted octanol–water partition coefficient (Wildman–Crippen LogP) is 3.36. The number of aryl methyl sites for hydroxylation is 4. The fourth-order valence-electron chi connectivity index (χ4n) is 1.96. The zero-order chi connectivity index (χ0) is 12.0. The topological polar surface area (TPSA) is 50.4 Å². The molecule has 2 aromatic rings. The number of carboxylic acids is 1. The summed E-state index contributed by atoms with van der Waals surface area (Å²) in [4.78, 5) is 11.2. The normalized spacial score (nSPS) is 11.0. The number of carboxylic acid groups (broad SMARTS) is 1. The van der Waals surface area contributed by atoms with Crippen molar-refractivity contribution in [2.24, 2.45) is 0 Å². The van der Waals surface area contributed by atoms with E-state index in [1.54, 1.807) is 6.07 Å². The van der Waals surface area contributed by atoms with Crippen molar-refractivity contribution in [1.82, 2.24) is 0 Å². The summed E-state index contributed by atoms with van der Waals surface area (Å²) in [6, 6.07) is 1.71. The van der Waals surface area contributed by atoms with Crippen molar-refractivity contribution in [3.63, 3.8) is 0 Å². The van der Waals surface area contributed by atoms with Crippen LogP contribution in [-0.2, 0) is 0 Å². The molecule has 1 N–H and O–H groups in total. The van der Waals surface area contributed by atoms with Gasteiger partial charge in [-0.2, -0.15) is 0 Å². The lowest BCUT2D eigenvalue weighted by molar-refractivity contribution is 0.0699. The van der Waals surface area contributed by atoms with E-state index >= 15 is 0 Å². The van der Waals surface area contributed by atoms with Gasteiger partial charge >= 0.3 is 5.97 Å². The Kier molecular flexibility index (Phi) is 2.26. The van der Waals surface area contributed by atoms with Gasteiger partial charge in [-0.15, -0.1) is 0 Å². The van der Waals surface area contributed by atoms with Gasteiger partial charge in [0.05, 0.1) is 5.56 Å². The van der Waals surface area contributed by atoms with Crippen LogP contribution < -0.4 is 0 Å². The third-order valence-corrected chi connectivity index (χ3v) is 3.18. The van der Waals surface area contributed by atoms with Gasteiger partial charge in [-0.3, -0.25) is 0 Å². The van der Waals surface area contributed by atoms with E-state index in [2.05, 4.69) is 0 Å². The molecule has 0 aliphatic heterocycles. The molecule has 0 bridgehead atoms. The molecule has 0 spiro atoms. The van der Waals surface area contributed by atoms with Gasteiger partial charge in [-0.05, 0) is 50.5 Å². The fraction of sp³-hybridized carbons (Fsp3) is 0.308. The number of furan rings is 1. The van der Waals surface area contributed by atoms with Gasteiger partial charge < -0.3 is 9.52 Å². The number of carbonyl (C=O) groups is 1. The molecule has 2 rings (SSSR count). The molecule has 3 heteroatoms. The lowest BCUT2D eigenvalue weighted by atomic mass is 9.99. The molecule has 1 heterocycles. The molecule has 1 aromatic heterocycles. The number of hydrogen-bond acceptors (Lipinski definition) is 2. The van der Waals surface area contributed by atoms with Crippen molar-refractivity contribution < 1.29 is 14.3 Å². The monoisotopic (exact) mass is 218 g/mol. The zero-order valence-electron chi connectivity index (χ0n) is 9.84. The molecule has 1 aromatic carbocycles. The van der Waals surface area contributed by atoms with Gasteiger partial charge in [0.15, 0.2) is 0 Å². The molecule has 0 radical (unpaired) electrons. The lowest BCUT2D eigenvalue weighted by Gasteiger charge is -2.04. The summed E-state index contributed by atoms with van der Waals surface area (Å²) in [7, 11) is 0. The van der Waals surface area contributed by atoms with Gasteiger partial charge in [0.2, 0.25) is 0 Å². The predicted molar refractivity (Wildman–Crippen MR) is 62.1 cm³/mol. The first-order valence-corrected chi connectivity index (χ1v) is 5.16. The van der Waals surface area contributed by atoms with Crippen molar-refractivity contribution >= 4 is 16.9 Å². The van der Waals surface area contributed by atoms with Gasteiger partial charge in [-0.1, -0.05) is 0 Å². The minimum Gasteiger partial charge on any atom is -0.478 e. The second-order valence-corrected chi connectivity index (χ2v) is 4.16. The average Bonchev–Trinajstić information content (AvgIpc) is 2.50. The minimum atomic E-state index is -0.906. The van der Waals surface area contributed by atoms with Crippen molar-refractivity contribution in [3.8, 4) is 0 Å². The zero-order valence-corrected chi connectivity index (χ0v) is 9.84. The molecule has 0 aliphatic rings. The Morgan fingerprint density at radius 1 is 1.19 bits per heavy atom. The molecule has 0 atom stereocenters. The summed E-state index contributed by atoms with van der Waals surface area (Å²) in [5.74, 6) is -0.122. The maximum Gasteiger partial charge on any atom is 0.336 e. The van der Waals surface area contributed by atoms with Crippen LogP contribution in [0.4, 0.5) is 0 Å². The van der Waals surface area contributed by atoms with Gasteiger partial charge in [0.1, 0.15) is 11.3 Å². The average molecular weight is 218 g/mol. The number of rotatable bonds is 1. The first-order chi connectivity index (χ1) is 7.43. The van der Waals surface area contributed by atoms with E-state index in [0.29, 0.717) is 11.1 Å². The highest BCUT2D eigenvalue weighted by molar-refractivity contribution is 6.05. The summed E-state index contributed by atoms with van der Waals surface area (Å²) in [6.45, 7) is 7.60. The highest BCUT2D eigenvalue weighted by Gasteiger charge is 2.18. The van der Waals surface area contributed by atoms with Crippen LogP contribution in [-0.4, -0.2) is 11.1 Å². The molecule has 0 aliphatic carbocycles. The van der Waals surface area contributed by atoms with Crippen LogP contribution in [0.1, 0.15) is 32.8 Å². The fourth-order valence-corrected chi connectivity index (χ4v) is 1.96. The molecule has 16 heavy (non-hydrogen) atoms. The van der Waals surface area contributed by atoms with E-state index in [0.717, 1.165) is 27.8 Å². The highest BCUT2D eigenvalue weighted by Crippen LogP contribution is 2.32. The highest BCUT2D eigenvalue weighted by atomic mass is 16.4. The van der Waals surface area contributed by atoms with E-state index in [4.69, 9.17) is 4.42 Å². The van der Waals surface area contributed by atoms with Crippen LogP contribution >= 0.6 is 0 Å². The van der Waals surface area contributed by atoms with Gasteiger partial charge in [0, 0.05) is 5.39 Å². The van der Waals surface area contributed by atoms with Crippen molar-refractivity contribution in [1.29, 1.82) is 0 Å². The van der Waals surface area contributed by atoms with Crippen molar-refractivity contribution in [2.45, 2.75) is 27.7 Å². The van der Waals surface area contributed by atoms with Gasteiger partial charge in [-0.25, -0.2) is 4.79 Å². The maximum absolute atomic E-state index is 11.2. The molecule has 0 saturated heterocycles. The summed E-state index contributed by atoms with van der Waals surface area (Å²) in [5.41, 5.74) is 3.89. The number of fused-ring (bicyclic) bond motifs is 1. The van der Waals surface area contributed by atoms with Crippen LogP contribution in [0.25, 0.3) is 11.0 Å². The quantitative estimate of drug-likeness (QED) is 0.798. The van der Waals surface area contributed by atoms with E-state index in [1.807, 2.05) is 27.7 Å². The van der Waals surface area contributed by atoms with E-state index < -0.39 is 5.97 Å². The maximum atomic E-state index is 11.2. The summed E-state index contributed by atoms with van der Waals surface area (Å²) < 4.78 is 5.64. The summed E-state index contributed by atoms with van der Waals surface area (Å²) in [5, 5.41) is 9.92. The smallest absolute Gasteiger partial charge is 0.336 e. The van der Waals surface area contributed by atoms with Crippen molar-refractivity contribution in [3.05, 3.63) is 34.1 Å². The van der Waals surface area contributed by atoms with E-state index in [9.17, 15) is 9.90 Å². The van der Waals surface area contributed by atoms with Crippen LogP contribution in [0.3, 0.4) is 0 Å². The molecular formula is C13H14O3. The van der Waals surface area contributed by atoms with Gasteiger partial charge in [0.25, 0.3) is 0 Å². The minimum absolute atomic E-state index is 0.326. The SMILES string of the molecule is Cc1cc(C(=O)O)c2c(C)c(C)oc2c1C. The third-order valence-electron chi connectivity index (χ3n) is 3.18. The molecular weight excluding hydrogens is 204 g/mol. The van der Waals surface area contributed by atoms with Crippen LogP contribution in [0, 0.1) is 27.7 Å². The Balaban J connectivity index is 3.02. The Morgan fingerprint density at radius 2 is 1.81 bits per heavy atom. The first-order valence-electron chi connectivity index (χ1n) is 5.16. The van der Waals surface area contributed by atoms with E-state index in [-0.39, 0.29) is 0 Å². The van der Waals surface area contributed by atoms with E-state index in [1.165, 1.54) is 0 Å². The molecule has 0 amide bonds. The summed E-state index contributed by atoms with van der Waals surface area (Å²) in [6.07, 6.45) is 0. The van der Waals surface area contributed by atoms with Crippen molar-refractivity contribution in [2.75, 3.05) is 0 Å². The lowest BCUT2D eigenvalue weighted by Crippen LogP contribution is -1.99. The van der Waals surface area contributed by atoms with Crippen LogP contribution in [0.5, 0.6) is 0 Å². The molecule has 0 saturated carbocycles. The van der Waals surface area contributed by atoms with Crippen LogP contribution in [0.15, 0.2) is 10.5 Å². The molecule has 84 valence electrons. The Hall–Kier alpha value is -1.77. The third kappa shape index (κ3) is 1.32. The second kappa shape index (κ2) is 3.37. The Bertz CT molecular complexity index is 591. The summed E-state index contributed by atoms with van der Waals surface area (Å²) >= 11 is 0.